The van der Waals surface area contributed by atoms with E-state index in [2.05, 4.69) is 34.2 Å². The van der Waals surface area contributed by atoms with Crippen LogP contribution >= 0.6 is 12.2 Å². The summed E-state index contributed by atoms with van der Waals surface area (Å²) in [7, 11) is 3.20. The molecule has 2 aromatic carbocycles. The first kappa shape index (κ1) is 24.7. The summed E-state index contributed by atoms with van der Waals surface area (Å²) in [6.45, 7) is 7.13. The van der Waals surface area contributed by atoms with Crippen LogP contribution < -0.4 is 14.8 Å². The molecule has 2 heterocycles. The van der Waals surface area contributed by atoms with Gasteiger partial charge >= 0.3 is 0 Å². The number of benzene rings is 2. The molecule has 1 aliphatic heterocycles. The van der Waals surface area contributed by atoms with Crippen LogP contribution in [0.3, 0.4) is 0 Å². The highest BCUT2D eigenvalue weighted by molar-refractivity contribution is 7.80. The first-order chi connectivity index (χ1) is 16.8. The number of halogens is 1. The third-order valence-electron chi connectivity index (χ3n) is 6.03. The first-order valence-electron chi connectivity index (χ1n) is 11.4. The van der Waals surface area contributed by atoms with E-state index < -0.39 is 0 Å². The topological polar surface area (TPSA) is 72.7 Å². The maximum absolute atomic E-state index is 13.4. The number of nitrogens with zero attached hydrogens (tertiary/aromatic N) is 3. The molecule has 9 heteroatoms. The van der Waals surface area contributed by atoms with Crippen molar-refractivity contribution in [2.45, 2.75) is 33.2 Å². The number of ether oxygens (including phenoxy) is 2. The van der Waals surface area contributed by atoms with Crippen LogP contribution in [0.25, 0.3) is 17.0 Å². The van der Waals surface area contributed by atoms with Gasteiger partial charge in [0.15, 0.2) is 16.6 Å². The average Bonchev–Trinajstić information content (AvgIpc) is 3.33. The molecule has 0 saturated carbocycles. The number of thiocarbonyl (C=S) groups is 1. The minimum atomic E-state index is -0.348. The first-order valence-corrected chi connectivity index (χ1v) is 11.8. The molecule has 0 saturated heterocycles. The zero-order chi connectivity index (χ0) is 25.1. The van der Waals surface area contributed by atoms with Crippen molar-refractivity contribution in [1.82, 2.24) is 20.4 Å². The normalized spacial score (nSPS) is 16.0. The predicted octanol–water partition coefficient (Wildman–Crippen LogP) is 5.60. The molecule has 1 aromatic heterocycles. The second-order valence-electron chi connectivity index (χ2n) is 8.76. The summed E-state index contributed by atoms with van der Waals surface area (Å²) in [5.41, 5.74) is 3.32. The summed E-state index contributed by atoms with van der Waals surface area (Å²) in [6, 6.07) is 11.4. The van der Waals surface area contributed by atoms with E-state index in [0.717, 1.165) is 29.8 Å². The summed E-state index contributed by atoms with van der Waals surface area (Å²) < 4.78 is 30.1. The van der Waals surface area contributed by atoms with Gasteiger partial charge in [0.1, 0.15) is 5.82 Å². The third kappa shape index (κ3) is 5.14. The minimum Gasteiger partial charge on any atom is -0.493 e. The number of hydrogen-bond acceptors (Lipinski definition) is 6. The van der Waals surface area contributed by atoms with Crippen LogP contribution in [-0.2, 0) is 0 Å². The van der Waals surface area contributed by atoms with Gasteiger partial charge < -0.3 is 24.2 Å². The molecular weight excluding hydrogens is 467 g/mol. The Morgan fingerprint density at radius 1 is 1.11 bits per heavy atom. The van der Waals surface area contributed by atoms with Gasteiger partial charge in [-0.15, -0.1) is 0 Å². The fraction of sp³-hybridized carbons (Fsp3) is 0.346. The fourth-order valence-electron chi connectivity index (χ4n) is 4.05. The Labute approximate surface area is 209 Å². The molecule has 0 fully saturated rings. The monoisotopic (exact) mass is 496 g/mol. The van der Waals surface area contributed by atoms with Gasteiger partial charge in [-0.25, -0.2) is 4.39 Å². The van der Waals surface area contributed by atoms with E-state index in [1.165, 1.54) is 12.1 Å². The molecule has 0 amide bonds. The average molecular weight is 497 g/mol. The molecule has 1 N–H and O–H groups in total. The second-order valence-corrected chi connectivity index (χ2v) is 9.15. The van der Waals surface area contributed by atoms with Crippen LogP contribution in [0.15, 0.2) is 52.7 Å². The van der Waals surface area contributed by atoms with Crippen molar-refractivity contribution in [2.75, 3.05) is 20.8 Å². The summed E-state index contributed by atoms with van der Waals surface area (Å²) in [5, 5.41) is 8.25. The second kappa shape index (κ2) is 10.4. The van der Waals surface area contributed by atoms with Gasteiger partial charge in [-0.3, -0.25) is 0 Å². The molecule has 3 aromatic rings. The summed E-state index contributed by atoms with van der Waals surface area (Å²) in [4.78, 5) is 6.74. The van der Waals surface area contributed by atoms with Gasteiger partial charge in [0.05, 0.1) is 25.8 Å². The van der Waals surface area contributed by atoms with E-state index in [0.29, 0.717) is 39.8 Å². The van der Waals surface area contributed by atoms with Crippen molar-refractivity contribution in [3.8, 4) is 22.9 Å². The standard InChI is InChI=1S/C26H29FN4O3S/c1-15(2)12-13-31-16(3)22(25-29-24(30-34-25)17-6-9-19(27)10-7-17)23(28-26(31)35)18-8-11-20(32-4)21(14-18)33-5/h6-11,14-15,23H,12-13H2,1-5H3,(H,28,35). The Morgan fingerprint density at radius 2 is 1.83 bits per heavy atom. The number of methoxy groups -OCH3 is 2. The van der Waals surface area contributed by atoms with E-state index in [9.17, 15) is 4.39 Å². The van der Waals surface area contributed by atoms with E-state index in [1.54, 1.807) is 26.4 Å². The Hall–Kier alpha value is -3.46. The molecule has 0 bridgehead atoms. The lowest BCUT2D eigenvalue weighted by atomic mass is 9.94. The lowest BCUT2D eigenvalue weighted by Gasteiger charge is -2.37. The molecule has 4 rings (SSSR count). The molecule has 0 radical (unpaired) electrons. The highest BCUT2D eigenvalue weighted by atomic mass is 32.1. The molecule has 35 heavy (non-hydrogen) atoms. The summed E-state index contributed by atoms with van der Waals surface area (Å²) in [6.07, 6.45) is 0.970. The number of allylic oxidation sites excluding steroid dienone is 1. The molecule has 1 unspecified atom stereocenters. The van der Waals surface area contributed by atoms with Crippen LogP contribution in [-0.4, -0.2) is 40.9 Å². The Balaban J connectivity index is 1.80. The Morgan fingerprint density at radius 3 is 2.49 bits per heavy atom. The van der Waals surface area contributed by atoms with Crippen LogP contribution in [0, 0.1) is 11.7 Å². The fourth-order valence-corrected chi connectivity index (χ4v) is 4.39. The van der Waals surface area contributed by atoms with Crippen molar-refractivity contribution in [3.05, 3.63) is 65.4 Å². The molecule has 1 aliphatic rings. The Kier molecular flexibility index (Phi) is 7.35. The SMILES string of the molecule is COc1ccc(C2NC(=S)N(CCC(C)C)C(C)=C2c2nc(-c3ccc(F)cc3)no2)cc1OC. The van der Waals surface area contributed by atoms with Crippen molar-refractivity contribution >= 4 is 22.9 Å². The number of rotatable bonds is 8. The van der Waals surface area contributed by atoms with E-state index in [4.69, 9.17) is 26.2 Å². The van der Waals surface area contributed by atoms with Crippen LogP contribution in [0.2, 0.25) is 0 Å². The largest absolute Gasteiger partial charge is 0.493 e. The van der Waals surface area contributed by atoms with Crippen LogP contribution in [0.5, 0.6) is 11.5 Å². The number of aromatic nitrogens is 2. The van der Waals surface area contributed by atoms with Crippen molar-refractivity contribution in [1.29, 1.82) is 0 Å². The lowest BCUT2D eigenvalue weighted by Crippen LogP contribution is -2.46. The third-order valence-corrected chi connectivity index (χ3v) is 6.36. The van der Waals surface area contributed by atoms with Gasteiger partial charge in [-0.1, -0.05) is 25.1 Å². The molecule has 184 valence electrons. The van der Waals surface area contributed by atoms with Gasteiger partial charge in [0, 0.05) is 17.8 Å². The highest BCUT2D eigenvalue weighted by Gasteiger charge is 2.34. The van der Waals surface area contributed by atoms with Crippen molar-refractivity contribution < 1.29 is 18.4 Å². The molecule has 0 spiro atoms. The van der Waals surface area contributed by atoms with Gasteiger partial charge in [0.25, 0.3) is 5.89 Å². The van der Waals surface area contributed by atoms with Crippen molar-refractivity contribution in [2.24, 2.45) is 5.92 Å². The number of nitrogens with one attached hydrogen (secondary N) is 1. The zero-order valence-corrected chi connectivity index (χ0v) is 21.3. The molecular formula is C26H29FN4O3S. The van der Waals surface area contributed by atoms with Gasteiger partial charge in [0.2, 0.25) is 5.82 Å². The van der Waals surface area contributed by atoms with E-state index in [-0.39, 0.29) is 11.9 Å². The summed E-state index contributed by atoms with van der Waals surface area (Å²) >= 11 is 5.76. The van der Waals surface area contributed by atoms with Crippen LogP contribution in [0.4, 0.5) is 4.39 Å². The van der Waals surface area contributed by atoms with Gasteiger partial charge in [-0.2, -0.15) is 4.98 Å². The smallest absolute Gasteiger partial charge is 0.258 e. The van der Waals surface area contributed by atoms with Gasteiger partial charge in [-0.05, 0) is 73.4 Å². The molecule has 0 aliphatic carbocycles. The highest BCUT2D eigenvalue weighted by Crippen LogP contribution is 2.40. The predicted molar refractivity (Wildman–Crippen MR) is 136 cm³/mol. The minimum absolute atomic E-state index is 0.324. The quantitative estimate of drug-likeness (QED) is 0.404. The zero-order valence-electron chi connectivity index (χ0n) is 20.5. The van der Waals surface area contributed by atoms with E-state index >= 15 is 0 Å². The van der Waals surface area contributed by atoms with Crippen molar-refractivity contribution in [3.63, 3.8) is 0 Å². The molecule has 1 atom stereocenters. The molecule has 7 nitrogen and oxygen atoms in total. The maximum Gasteiger partial charge on any atom is 0.258 e. The lowest BCUT2D eigenvalue weighted by molar-refractivity contribution is 0.354. The maximum atomic E-state index is 13.4. The van der Waals surface area contributed by atoms with Crippen LogP contribution in [0.1, 0.15) is 44.7 Å². The van der Waals surface area contributed by atoms with E-state index in [1.807, 2.05) is 25.1 Å². The number of hydrogen-bond donors (Lipinski definition) is 1. The Bertz CT molecular complexity index is 1240. The summed E-state index contributed by atoms with van der Waals surface area (Å²) in [5.74, 6) is 2.18.